The molecule has 0 heterocycles. The second-order valence-corrected chi connectivity index (χ2v) is 5.73. The van der Waals surface area contributed by atoms with Crippen molar-refractivity contribution in [3.63, 3.8) is 0 Å². The van der Waals surface area contributed by atoms with E-state index in [9.17, 15) is 5.11 Å². The molecule has 4 atom stereocenters. The van der Waals surface area contributed by atoms with Crippen molar-refractivity contribution in [1.29, 1.82) is 0 Å². The fraction of sp³-hybridized carbons (Fsp3) is 0.867. The minimum Gasteiger partial charge on any atom is -0.368 e. The van der Waals surface area contributed by atoms with E-state index in [0.717, 1.165) is 12.8 Å². The number of ether oxygens (including phenoxy) is 1. The Morgan fingerprint density at radius 3 is 2.71 bits per heavy atom. The van der Waals surface area contributed by atoms with E-state index in [1.807, 2.05) is 0 Å². The number of hydrogen-bond donors (Lipinski definition) is 1. The van der Waals surface area contributed by atoms with E-state index in [2.05, 4.69) is 27.4 Å². The number of hydrogen-bond acceptors (Lipinski definition) is 2. The molecule has 0 bridgehead atoms. The monoisotopic (exact) mass is 240 g/mol. The van der Waals surface area contributed by atoms with Crippen LogP contribution in [0.3, 0.4) is 0 Å². The minimum atomic E-state index is -0.635. The van der Waals surface area contributed by atoms with Crippen LogP contribution in [-0.4, -0.2) is 18.5 Å². The largest absolute Gasteiger partial charge is 0.368 e. The van der Waals surface area contributed by atoms with Crippen LogP contribution in [0.2, 0.25) is 0 Å². The maximum atomic E-state index is 9.88. The number of rotatable bonds is 6. The van der Waals surface area contributed by atoms with Crippen LogP contribution in [0.15, 0.2) is 12.2 Å². The standard InChI is InChI=1S/C15H28O2/c1-6-12(4)15(10-14(16)17-5)9-7-8-13(15)11(2)3/h12-14,16H,2,6-10H2,1,3-5H3/t12-,13+,14?,15-/m1/s1. The lowest BCUT2D eigenvalue weighted by molar-refractivity contribution is -0.114. The predicted molar refractivity (Wildman–Crippen MR) is 71.7 cm³/mol. The third kappa shape index (κ3) is 2.92. The van der Waals surface area contributed by atoms with Crippen LogP contribution in [0.5, 0.6) is 0 Å². The number of allylic oxidation sites excluding steroid dienone is 1. The van der Waals surface area contributed by atoms with Gasteiger partial charge in [-0.2, -0.15) is 0 Å². The van der Waals surface area contributed by atoms with Gasteiger partial charge in [-0.25, -0.2) is 0 Å². The molecule has 1 N–H and O–H groups in total. The van der Waals surface area contributed by atoms with Crippen molar-refractivity contribution in [3.8, 4) is 0 Å². The maximum absolute atomic E-state index is 9.88. The summed E-state index contributed by atoms with van der Waals surface area (Å²) in [5, 5.41) is 9.88. The minimum absolute atomic E-state index is 0.190. The molecule has 1 rings (SSSR count). The lowest BCUT2D eigenvalue weighted by Gasteiger charge is -2.42. The molecule has 1 aliphatic carbocycles. The van der Waals surface area contributed by atoms with Gasteiger partial charge in [0.05, 0.1) is 0 Å². The average Bonchev–Trinajstić information content (AvgIpc) is 2.72. The average molecular weight is 240 g/mol. The second kappa shape index (κ2) is 6.01. The van der Waals surface area contributed by atoms with Gasteiger partial charge < -0.3 is 9.84 Å². The fourth-order valence-corrected chi connectivity index (χ4v) is 3.68. The molecule has 1 aliphatic rings. The highest BCUT2D eigenvalue weighted by Gasteiger charge is 2.47. The number of aliphatic hydroxyl groups is 1. The van der Waals surface area contributed by atoms with Crippen molar-refractivity contribution in [1.82, 2.24) is 0 Å². The molecule has 0 aromatic rings. The zero-order valence-electron chi connectivity index (χ0n) is 11.8. The zero-order valence-corrected chi connectivity index (χ0v) is 11.8. The third-order valence-electron chi connectivity index (χ3n) is 4.84. The molecule has 1 saturated carbocycles. The van der Waals surface area contributed by atoms with E-state index in [-0.39, 0.29) is 5.41 Å². The molecular weight excluding hydrogens is 212 g/mol. The Labute approximate surface area is 106 Å². The lowest BCUT2D eigenvalue weighted by atomic mass is 9.64. The normalized spacial score (nSPS) is 32.4. The highest BCUT2D eigenvalue weighted by molar-refractivity contribution is 5.09. The Hall–Kier alpha value is -0.340. The van der Waals surface area contributed by atoms with Crippen molar-refractivity contribution in [2.75, 3.05) is 7.11 Å². The molecule has 0 saturated heterocycles. The summed E-state index contributed by atoms with van der Waals surface area (Å²) in [6.07, 6.45) is 4.92. The van der Waals surface area contributed by atoms with Crippen LogP contribution in [0.4, 0.5) is 0 Å². The molecule has 17 heavy (non-hydrogen) atoms. The van der Waals surface area contributed by atoms with Gasteiger partial charge in [0.1, 0.15) is 0 Å². The van der Waals surface area contributed by atoms with Gasteiger partial charge in [-0.1, -0.05) is 38.8 Å². The molecular formula is C15H28O2. The van der Waals surface area contributed by atoms with Crippen LogP contribution < -0.4 is 0 Å². The van der Waals surface area contributed by atoms with E-state index < -0.39 is 6.29 Å². The second-order valence-electron chi connectivity index (χ2n) is 5.73. The molecule has 1 fully saturated rings. The fourth-order valence-electron chi connectivity index (χ4n) is 3.68. The van der Waals surface area contributed by atoms with Crippen molar-refractivity contribution < 1.29 is 9.84 Å². The van der Waals surface area contributed by atoms with E-state index in [4.69, 9.17) is 4.74 Å². The molecule has 0 aromatic carbocycles. The smallest absolute Gasteiger partial charge is 0.154 e. The van der Waals surface area contributed by atoms with Gasteiger partial charge in [-0.05, 0) is 37.0 Å². The molecule has 0 spiro atoms. The van der Waals surface area contributed by atoms with Gasteiger partial charge in [0.25, 0.3) is 0 Å². The summed E-state index contributed by atoms with van der Waals surface area (Å²) in [5.74, 6) is 1.15. The zero-order chi connectivity index (χ0) is 13.1. The predicted octanol–water partition coefficient (Wildman–Crippen LogP) is 3.75. The Kier molecular flexibility index (Phi) is 5.21. The number of aliphatic hydroxyl groups excluding tert-OH is 1. The number of methoxy groups -OCH3 is 1. The Balaban J connectivity index is 2.96. The summed E-state index contributed by atoms with van der Waals surface area (Å²) >= 11 is 0. The first-order valence-electron chi connectivity index (χ1n) is 6.84. The van der Waals surface area contributed by atoms with E-state index in [1.165, 1.54) is 24.8 Å². The highest BCUT2D eigenvalue weighted by Crippen LogP contribution is 2.55. The first-order valence-corrected chi connectivity index (χ1v) is 6.84. The van der Waals surface area contributed by atoms with Crippen molar-refractivity contribution in [2.24, 2.45) is 17.3 Å². The SMILES string of the molecule is C=C(C)[C@@H]1CCC[C@@]1(CC(O)OC)[C@H](C)CC. The van der Waals surface area contributed by atoms with E-state index >= 15 is 0 Å². The topological polar surface area (TPSA) is 29.5 Å². The molecule has 1 unspecified atom stereocenters. The molecule has 100 valence electrons. The van der Waals surface area contributed by atoms with Gasteiger partial charge in [-0.15, -0.1) is 0 Å². The lowest BCUT2D eigenvalue weighted by Crippen LogP contribution is -2.37. The summed E-state index contributed by atoms with van der Waals surface area (Å²) in [7, 11) is 1.58. The van der Waals surface area contributed by atoms with Gasteiger partial charge in [0.2, 0.25) is 0 Å². The first-order chi connectivity index (χ1) is 7.97. The van der Waals surface area contributed by atoms with E-state index in [0.29, 0.717) is 11.8 Å². The van der Waals surface area contributed by atoms with Crippen molar-refractivity contribution in [3.05, 3.63) is 12.2 Å². The van der Waals surface area contributed by atoms with Crippen molar-refractivity contribution in [2.45, 2.75) is 59.2 Å². The van der Waals surface area contributed by atoms with Gasteiger partial charge in [0.15, 0.2) is 6.29 Å². The summed E-state index contributed by atoms with van der Waals surface area (Å²) in [6.45, 7) is 10.8. The first kappa shape index (κ1) is 14.7. The van der Waals surface area contributed by atoms with Crippen LogP contribution in [0.1, 0.15) is 52.9 Å². The van der Waals surface area contributed by atoms with Crippen LogP contribution in [0, 0.1) is 17.3 Å². The molecule has 0 amide bonds. The van der Waals surface area contributed by atoms with Crippen LogP contribution >= 0.6 is 0 Å². The Bertz CT molecular complexity index is 262. The third-order valence-corrected chi connectivity index (χ3v) is 4.84. The van der Waals surface area contributed by atoms with Crippen molar-refractivity contribution >= 4 is 0 Å². The van der Waals surface area contributed by atoms with E-state index in [1.54, 1.807) is 7.11 Å². The Morgan fingerprint density at radius 1 is 1.59 bits per heavy atom. The summed E-state index contributed by atoms with van der Waals surface area (Å²) < 4.78 is 5.09. The summed E-state index contributed by atoms with van der Waals surface area (Å²) in [6, 6.07) is 0. The molecule has 0 aromatic heterocycles. The Morgan fingerprint density at radius 2 is 2.24 bits per heavy atom. The van der Waals surface area contributed by atoms with Gasteiger partial charge in [-0.3, -0.25) is 0 Å². The molecule has 2 nitrogen and oxygen atoms in total. The van der Waals surface area contributed by atoms with Gasteiger partial charge in [0, 0.05) is 13.5 Å². The maximum Gasteiger partial charge on any atom is 0.154 e. The summed E-state index contributed by atoms with van der Waals surface area (Å²) in [5.41, 5.74) is 1.46. The van der Waals surface area contributed by atoms with Crippen LogP contribution in [-0.2, 0) is 4.74 Å². The van der Waals surface area contributed by atoms with Crippen LogP contribution in [0.25, 0.3) is 0 Å². The summed E-state index contributed by atoms with van der Waals surface area (Å²) in [4.78, 5) is 0. The molecule has 0 aliphatic heterocycles. The molecule has 0 radical (unpaired) electrons. The molecule has 2 heteroatoms. The van der Waals surface area contributed by atoms with Gasteiger partial charge >= 0.3 is 0 Å². The highest BCUT2D eigenvalue weighted by atomic mass is 16.6. The quantitative estimate of drug-likeness (QED) is 0.566.